The van der Waals surface area contributed by atoms with Crippen LogP contribution in [0, 0.1) is 5.82 Å². The Hall–Kier alpha value is -3.04. The molecule has 30 heavy (non-hydrogen) atoms. The third-order valence-electron chi connectivity index (χ3n) is 4.45. The normalized spacial score (nSPS) is 13.6. The molecule has 1 heterocycles. The van der Waals surface area contributed by atoms with Gasteiger partial charge in [0.25, 0.3) is 5.91 Å². The maximum Gasteiger partial charge on any atom is 0.305 e. The fraction of sp³-hybridized carbons (Fsp3) is 0.381. The first-order chi connectivity index (χ1) is 14.1. The fourth-order valence-corrected chi connectivity index (χ4v) is 3.08. The Morgan fingerprint density at radius 3 is 2.40 bits per heavy atom. The number of nitrogens with one attached hydrogen (secondary N) is 1. The summed E-state index contributed by atoms with van der Waals surface area (Å²) in [6.07, 6.45) is 0.0239. The van der Waals surface area contributed by atoms with Crippen molar-refractivity contribution in [1.29, 1.82) is 0 Å². The number of amides is 1. The van der Waals surface area contributed by atoms with Crippen LogP contribution >= 0.6 is 0 Å². The highest BCUT2D eigenvalue weighted by atomic mass is 19.1. The molecular formula is C21H26FN3O5. The summed E-state index contributed by atoms with van der Waals surface area (Å²) in [7, 11) is 1.49. The van der Waals surface area contributed by atoms with E-state index in [4.69, 9.17) is 5.11 Å². The molecule has 9 heteroatoms. The van der Waals surface area contributed by atoms with Gasteiger partial charge in [-0.2, -0.15) is 5.10 Å². The third kappa shape index (κ3) is 5.74. The summed E-state index contributed by atoms with van der Waals surface area (Å²) in [4.78, 5) is 23.0. The number of aromatic nitrogens is 2. The highest BCUT2D eigenvalue weighted by Gasteiger charge is 2.24. The van der Waals surface area contributed by atoms with Crippen molar-refractivity contribution in [1.82, 2.24) is 15.1 Å². The second-order valence-electron chi connectivity index (χ2n) is 7.18. The quantitative estimate of drug-likeness (QED) is 0.493. The van der Waals surface area contributed by atoms with Crippen molar-refractivity contribution in [3.8, 4) is 5.69 Å². The second kappa shape index (κ2) is 10.1. The van der Waals surface area contributed by atoms with Crippen LogP contribution in [0.1, 0.15) is 54.4 Å². The smallest absolute Gasteiger partial charge is 0.305 e. The van der Waals surface area contributed by atoms with Crippen LogP contribution in [0.3, 0.4) is 0 Å². The molecule has 0 aliphatic carbocycles. The van der Waals surface area contributed by atoms with Gasteiger partial charge in [0.2, 0.25) is 0 Å². The van der Waals surface area contributed by atoms with E-state index in [0.717, 1.165) is 0 Å². The van der Waals surface area contributed by atoms with Crippen LogP contribution in [0.2, 0.25) is 0 Å². The Kier molecular flexibility index (Phi) is 7.85. The van der Waals surface area contributed by atoms with Gasteiger partial charge >= 0.3 is 5.97 Å². The Bertz CT molecular complexity index is 921. The minimum Gasteiger partial charge on any atom is -0.481 e. The molecule has 162 valence electrons. The molecule has 2 atom stereocenters. The van der Waals surface area contributed by atoms with Gasteiger partial charge in [-0.05, 0) is 36.3 Å². The average molecular weight is 419 g/mol. The molecule has 0 spiro atoms. The van der Waals surface area contributed by atoms with E-state index in [-0.39, 0.29) is 23.9 Å². The fourth-order valence-electron chi connectivity index (χ4n) is 3.08. The van der Waals surface area contributed by atoms with Crippen molar-refractivity contribution in [2.45, 2.75) is 44.8 Å². The van der Waals surface area contributed by atoms with Gasteiger partial charge in [-0.25, -0.2) is 9.07 Å². The third-order valence-corrected chi connectivity index (χ3v) is 4.45. The van der Waals surface area contributed by atoms with Crippen LogP contribution in [-0.4, -0.2) is 56.2 Å². The molecule has 0 aliphatic heterocycles. The molecule has 4 N–H and O–H groups in total. The largest absolute Gasteiger partial charge is 0.481 e. The summed E-state index contributed by atoms with van der Waals surface area (Å²) in [5.74, 6) is -2.06. The zero-order chi connectivity index (χ0) is 22.4. The number of aliphatic hydroxyl groups is 2. The van der Waals surface area contributed by atoms with Gasteiger partial charge in [0.1, 0.15) is 5.82 Å². The SMILES string of the molecule is CNC(=O)c1nn(-c2ccc(F)cc2)c(C=CC(O)CC(O)CC(=O)O)c1C(C)C. The number of rotatable bonds is 9. The van der Waals surface area contributed by atoms with E-state index in [1.807, 2.05) is 13.8 Å². The topological polar surface area (TPSA) is 125 Å². The molecule has 1 aromatic carbocycles. The number of carbonyl (C=O) groups is 2. The first kappa shape index (κ1) is 23.2. The molecule has 0 bridgehead atoms. The molecule has 0 saturated heterocycles. The predicted octanol–water partition coefficient (Wildman–Crippen LogP) is 2.09. The molecule has 1 aromatic heterocycles. The van der Waals surface area contributed by atoms with E-state index in [9.17, 15) is 24.2 Å². The number of carboxylic acids is 1. The van der Waals surface area contributed by atoms with Crippen molar-refractivity contribution in [3.05, 3.63) is 53.1 Å². The van der Waals surface area contributed by atoms with Crippen LogP contribution in [0.25, 0.3) is 11.8 Å². The highest BCUT2D eigenvalue weighted by molar-refractivity contribution is 5.94. The van der Waals surface area contributed by atoms with Crippen molar-refractivity contribution in [2.75, 3.05) is 7.05 Å². The maximum atomic E-state index is 13.4. The highest BCUT2D eigenvalue weighted by Crippen LogP contribution is 2.28. The molecule has 8 nitrogen and oxygen atoms in total. The molecular weight excluding hydrogens is 393 g/mol. The van der Waals surface area contributed by atoms with Crippen LogP contribution < -0.4 is 5.32 Å². The van der Waals surface area contributed by atoms with Crippen LogP contribution in [-0.2, 0) is 4.79 Å². The minimum absolute atomic E-state index is 0.0964. The van der Waals surface area contributed by atoms with E-state index in [0.29, 0.717) is 16.9 Å². The summed E-state index contributed by atoms with van der Waals surface area (Å²) in [6, 6.07) is 5.58. The molecule has 0 aliphatic rings. The Morgan fingerprint density at radius 1 is 1.23 bits per heavy atom. The summed E-state index contributed by atoms with van der Waals surface area (Å²) < 4.78 is 14.8. The van der Waals surface area contributed by atoms with Crippen LogP contribution in [0.4, 0.5) is 4.39 Å². The van der Waals surface area contributed by atoms with Crippen LogP contribution in [0.5, 0.6) is 0 Å². The summed E-state index contributed by atoms with van der Waals surface area (Å²) in [5.41, 5.74) is 1.88. The summed E-state index contributed by atoms with van der Waals surface area (Å²) in [5, 5.41) is 35.6. The van der Waals surface area contributed by atoms with Crippen molar-refractivity contribution in [2.24, 2.45) is 0 Å². The lowest BCUT2D eigenvalue weighted by Gasteiger charge is -2.12. The van der Waals surface area contributed by atoms with Gasteiger partial charge in [-0.3, -0.25) is 9.59 Å². The number of carbonyl (C=O) groups excluding carboxylic acids is 1. The zero-order valence-electron chi connectivity index (χ0n) is 17.0. The van der Waals surface area contributed by atoms with Crippen molar-refractivity contribution in [3.63, 3.8) is 0 Å². The van der Waals surface area contributed by atoms with Gasteiger partial charge < -0.3 is 20.6 Å². The van der Waals surface area contributed by atoms with Gasteiger partial charge in [0, 0.05) is 19.0 Å². The van der Waals surface area contributed by atoms with Crippen molar-refractivity contribution < 1.29 is 29.3 Å². The Labute approximate surface area is 173 Å². The van der Waals surface area contributed by atoms with E-state index in [2.05, 4.69) is 10.4 Å². The summed E-state index contributed by atoms with van der Waals surface area (Å²) in [6.45, 7) is 3.78. The first-order valence-corrected chi connectivity index (χ1v) is 9.51. The van der Waals surface area contributed by atoms with Gasteiger partial charge in [0.15, 0.2) is 5.69 Å². The van der Waals surface area contributed by atoms with E-state index in [1.165, 1.54) is 42.1 Å². The molecule has 1 amide bonds. The molecule has 0 fully saturated rings. The lowest BCUT2D eigenvalue weighted by molar-refractivity contribution is -0.139. The standard InChI is InChI=1S/C21H26FN3O5/c1-12(2)19-17(9-8-15(26)10-16(27)11-18(28)29)25(24-20(19)21(30)23-3)14-6-4-13(22)5-7-14/h4-9,12,15-16,26-27H,10-11H2,1-3H3,(H,23,30)(H,28,29). The first-order valence-electron chi connectivity index (χ1n) is 9.51. The Balaban J connectivity index is 2.49. The number of nitrogens with zero attached hydrogens (tertiary/aromatic N) is 2. The average Bonchev–Trinajstić information content (AvgIpc) is 3.05. The molecule has 0 saturated carbocycles. The Morgan fingerprint density at radius 2 is 1.87 bits per heavy atom. The van der Waals surface area contributed by atoms with Crippen LogP contribution in [0.15, 0.2) is 30.3 Å². The number of carboxylic acid groups (broad SMARTS) is 1. The van der Waals surface area contributed by atoms with Gasteiger partial charge in [-0.1, -0.05) is 19.9 Å². The maximum absolute atomic E-state index is 13.4. The monoisotopic (exact) mass is 419 g/mol. The lowest BCUT2D eigenvalue weighted by atomic mass is 9.98. The zero-order valence-corrected chi connectivity index (χ0v) is 17.0. The van der Waals surface area contributed by atoms with E-state index in [1.54, 1.807) is 6.08 Å². The lowest BCUT2D eigenvalue weighted by Crippen LogP contribution is -2.20. The van der Waals surface area contributed by atoms with Gasteiger partial charge in [-0.15, -0.1) is 0 Å². The number of halogens is 1. The second-order valence-corrected chi connectivity index (χ2v) is 7.18. The number of benzene rings is 1. The molecule has 2 unspecified atom stereocenters. The van der Waals surface area contributed by atoms with E-state index >= 15 is 0 Å². The minimum atomic E-state index is -1.20. The number of aliphatic hydroxyl groups excluding tert-OH is 2. The van der Waals surface area contributed by atoms with E-state index < -0.39 is 30.4 Å². The van der Waals surface area contributed by atoms with Gasteiger partial charge in [0.05, 0.1) is 30.0 Å². The number of aliphatic carboxylic acids is 1. The molecule has 2 aromatic rings. The van der Waals surface area contributed by atoms with Crippen molar-refractivity contribution >= 4 is 18.0 Å². The predicted molar refractivity (Wildman–Crippen MR) is 109 cm³/mol. The number of hydrogen-bond donors (Lipinski definition) is 4. The number of hydrogen-bond acceptors (Lipinski definition) is 5. The molecule has 0 radical (unpaired) electrons. The molecule has 2 rings (SSSR count). The summed E-state index contributed by atoms with van der Waals surface area (Å²) >= 11 is 0.